The molecule has 130 valence electrons. The molecule has 0 aromatic heterocycles. The van der Waals surface area contributed by atoms with E-state index in [0.717, 1.165) is 0 Å². The van der Waals surface area contributed by atoms with Crippen molar-refractivity contribution in [2.45, 2.75) is 0 Å². The quantitative estimate of drug-likeness (QED) is 0.170. The second-order valence-corrected chi connectivity index (χ2v) is 5.37. The summed E-state index contributed by atoms with van der Waals surface area (Å²) >= 11 is 0. The fourth-order valence-electron chi connectivity index (χ4n) is 0. The van der Waals surface area contributed by atoms with Crippen LogP contribution in [0.25, 0.3) is 0 Å². The van der Waals surface area contributed by atoms with E-state index in [4.69, 9.17) is 77.0 Å². The molecule has 0 unspecified atom stereocenters. The van der Waals surface area contributed by atoms with Crippen LogP contribution in [0.5, 0.6) is 0 Å². The maximum atomic E-state index is 8.55. The summed E-state index contributed by atoms with van der Waals surface area (Å²) in [5.74, 6) is 0. The maximum absolute atomic E-state index is 8.55. The van der Waals surface area contributed by atoms with E-state index in [9.17, 15) is 0 Å². The Bertz CT molecular complexity index is 304. The Hall–Kier alpha value is 4.09. The van der Waals surface area contributed by atoms with Crippen molar-refractivity contribution >= 4 is 31.3 Å². The van der Waals surface area contributed by atoms with Crippen LogP contribution in [-0.4, -0.2) is 0 Å². The van der Waals surface area contributed by atoms with Gasteiger partial charge in [0.25, 0.3) is 0 Å². The molecule has 0 fully saturated rings. The van der Waals surface area contributed by atoms with Gasteiger partial charge in [-0.1, -0.05) is 0 Å². The standard InChI is InChI=1S/Na.4H3O4P.3Zr.H/c;4*1-5(2,3)4;;;;/h;4*(H3,1,2,3,4);;;;/q+1;;;;;3*+4;-1/p-12. The van der Waals surface area contributed by atoms with Crippen molar-refractivity contribution in [2.75, 3.05) is 0 Å². The second-order valence-electron chi connectivity index (χ2n) is 1.79. The fraction of sp³-hybridized carbons (Fsp3) is 0. The molecule has 0 aromatic carbocycles. The zero-order chi connectivity index (χ0) is 18.0. The van der Waals surface area contributed by atoms with Crippen molar-refractivity contribution in [3.05, 3.63) is 0 Å². The SMILES string of the molecule is O=P([O-])([O-])[O-].O=P([O-])([O-])[O-].O=P([O-])([O-])[O-].O=P([O-])([O-])[O-].[H-].[Na+].[Zr+4].[Zr+4].[Zr+4]. The van der Waals surface area contributed by atoms with Gasteiger partial charge in [-0.05, 0) is 0 Å². The molecule has 0 saturated carbocycles. The maximum Gasteiger partial charge on any atom is 4.00 e. The number of rotatable bonds is 0. The smallest absolute Gasteiger partial charge is 1.00 e. The molecule has 0 rings (SSSR count). The van der Waals surface area contributed by atoms with Crippen LogP contribution < -0.4 is 88.3 Å². The first-order valence-electron chi connectivity index (χ1n) is 2.92. The molecule has 0 saturated heterocycles. The average Bonchev–Trinajstić information content (AvgIpc) is 1.62. The van der Waals surface area contributed by atoms with Gasteiger partial charge >= 0.3 is 108 Å². The Balaban J connectivity index is -0.0000000183. The zero-order valence-corrected chi connectivity index (χ0v) is 23.8. The first-order chi connectivity index (χ1) is 8.00. The largest absolute Gasteiger partial charge is 4.00 e. The van der Waals surface area contributed by atoms with Crippen LogP contribution in [0.1, 0.15) is 1.43 Å². The minimum atomic E-state index is -5.39. The van der Waals surface area contributed by atoms with Gasteiger partial charge in [0, 0.05) is 0 Å². The van der Waals surface area contributed by atoms with Crippen molar-refractivity contribution in [3.63, 3.8) is 0 Å². The number of hydrogen-bond donors (Lipinski definition) is 0. The summed E-state index contributed by atoms with van der Waals surface area (Å²) < 4.78 is 34.2. The van der Waals surface area contributed by atoms with Crippen molar-refractivity contribution in [1.82, 2.24) is 0 Å². The molecule has 24 heavy (non-hydrogen) atoms. The van der Waals surface area contributed by atoms with Gasteiger partial charge in [0.05, 0.1) is 0 Å². The van der Waals surface area contributed by atoms with Crippen LogP contribution in [0.3, 0.4) is 0 Å². The normalized spacial score (nSPS) is 9.83. The number of phosphoric acid groups is 4. The molecule has 0 aliphatic carbocycles. The first-order valence-corrected chi connectivity index (χ1v) is 8.76. The van der Waals surface area contributed by atoms with Crippen molar-refractivity contribution < 1.29 is 187 Å². The van der Waals surface area contributed by atoms with E-state index in [-0.39, 0.29) is 110 Å². The topological polar surface area (TPSA) is 345 Å². The van der Waals surface area contributed by atoms with Gasteiger partial charge in [-0.3, -0.25) is 0 Å². The summed E-state index contributed by atoms with van der Waals surface area (Å²) in [5.41, 5.74) is 0. The monoisotopic (exact) mass is 674 g/mol. The van der Waals surface area contributed by atoms with Gasteiger partial charge in [0.15, 0.2) is 0 Å². The van der Waals surface area contributed by atoms with Gasteiger partial charge in [-0.25, -0.2) is 0 Å². The van der Waals surface area contributed by atoms with Gasteiger partial charge < -0.3 is 78.4 Å². The summed E-state index contributed by atoms with van der Waals surface area (Å²) in [6.07, 6.45) is 0. The van der Waals surface area contributed by atoms with Crippen molar-refractivity contribution in [2.24, 2.45) is 0 Å². The minimum Gasteiger partial charge on any atom is -1.00 e. The Morgan fingerprint density at radius 2 is 0.375 bits per heavy atom. The Labute approximate surface area is 215 Å². The predicted molar refractivity (Wildman–Crippen MR) is 31.5 cm³/mol. The predicted octanol–water partition coefficient (Wildman–Crippen LogP) is -14.2. The van der Waals surface area contributed by atoms with Crippen LogP contribution in [-0.2, 0) is 96.9 Å². The molecule has 0 radical (unpaired) electrons. The van der Waals surface area contributed by atoms with Crippen LogP contribution in [0.2, 0.25) is 0 Å². The van der Waals surface area contributed by atoms with Gasteiger partial charge in [0.1, 0.15) is 0 Å². The van der Waals surface area contributed by atoms with Crippen LogP contribution in [0.15, 0.2) is 0 Å². The van der Waals surface area contributed by atoms with E-state index in [2.05, 4.69) is 0 Å². The summed E-state index contributed by atoms with van der Waals surface area (Å²) in [6.45, 7) is 0. The van der Waals surface area contributed by atoms with E-state index in [1.54, 1.807) is 0 Å². The minimum absolute atomic E-state index is 0. The van der Waals surface area contributed by atoms with Crippen molar-refractivity contribution in [1.29, 1.82) is 0 Å². The van der Waals surface area contributed by atoms with Crippen molar-refractivity contribution in [3.8, 4) is 0 Å². The van der Waals surface area contributed by atoms with Crippen LogP contribution in [0, 0.1) is 0 Å². The molecule has 0 aliphatic heterocycles. The summed E-state index contributed by atoms with van der Waals surface area (Å²) in [6, 6.07) is 0. The molecule has 0 aromatic rings. The fourth-order valence-corrected chi connectivity index (χ4v) is 0. The molecule has 0 aliphatic rings. The molecule has 0 spiro atoms. The summed E-state index contributed by atoms with van der Waals surface area (Å²) in [5, 5.41) is 0. The van der Waals surface area contributed by atoms with Gasteiger partial charge in [-0.15, -0.1) is 0 Å². The van der Waals surface area contributed by atoms with E-state index in [1.807, 2.05) is 0 Å². The molecular weight excluding hydrogens is 677 g/mol. The Morgan fingerprint density at radius 1 is 0.375 bits per heavy atom. The van der Waals surface area contributed by atoms with E-state index in [1.165, 1.54) is 0 Å². The molecule has 0 heterocycles. The van der Waals surface area contributed by atoms with E-state index < -0.39 is 31.3 Å². The molecule has 24 heteroatoms. The second kappa shape index (κ2) is 23.4. The molecule has 0 N–H and O–H groups in total. The Kier molecular flexibility index (Phi) is 49.7. The van der Waals surface area contributed by atoms with Crippen LogP contribution >= 0.6 is 31.3 Å². The first kappa shape index (κ1) is 51.1. The third-order valence-electron chi connectivity index (χ3n) is 0. The van der Waals surface area contributed by atoms with Gasteiger partial charge in [-0.2, -0.15) is 31.3 Å². The number of hydrogen-bond acceptors (Lipinski definition) is 16. The molecule has 16 nitrogen and oxygen atoms in total. The third kappa shape index (κ3) is 982. The summed E-state index contributed by atoms with van der Waals surface area (Å²) in [4.78, 5) is 103. The van der Waals surface area contributed by atoms with E-state index >= 15 is 0 Å². The van der Waals surface area contributed by atoms with Gasteiger partial charge in [0.2, 0.25) is 0 Å². The third-order valence-corrected chi connectivity index (χ3v) is 0. The molecule has 0 bridgehead atoms. The average molecular weight is 678 g/mol. The molecule has 0 atom stereocenters. The zero-order valence-electron chi connectivity index (χ0n) is 11.8. The molecule has 0 amide bonds. The van der Waals surface area contributed by atoms with E-state index in [0.29, 0.717) is 0 Å². The Morgan fingerprint density at radius 3 is 0.375 bits per heavy atom. The van der Waals surface area contributed by atoms with Crippen LogP contribution in [0.4, 0.5) is 0 Å². The summed E-state index contributed by atoms with van der Waals surface area (Å²) in [7, 11) is -21.6. The molecular formula is HNaO16P4Zr3.